The summed E-state index contributed by atoms with van der Waals surface area (Å²) in [6.07, 6.45) is 0. The zero-order valence-corrected chi connectivity index (χ0v) is 14.2. The Labute approximate surface area is 150 Å². The van der Waals surface area contributed by atoms with Crippen LogP contribution >= 0.6 is 23.4 Å². The molecule has 1 heterocycles. The molecule has 2 aromatic carbocycles. The summed E-state index contributed by atoms with van der Waals surface area (Å²) in [5.41, 5.74) is 0.611. The van der Waals surface area contributed by atoms with E-state index in [9.17, 15) is 13.6 Å². The quantitative estimate of drug-likeness (QED) is 0.653. The second-order valence-electron chi connectivity index (χ2n) is 4.91. The minimum atomic E-state index is -0.487. The Bertz CT molecular complexity index is 919. The van der Waals surface area contributed by atoms with Gasteiger partial charge < -0.3 is 5.32 Å². The van der Waals surface area contributed by atoms with Gasteiger partial charge in [0.15, 0.2) is 5.82 Å². The van der Waals surface area contributed by atoms with Gasteiger partial charge in [-0.25, -0.2) is 13.8 Å². The molecule has 0 aliphatic rings. The number of aromatic amines is 1. The van der Waals surface area contributed by atoms with Crippen LogP contribution in [-0.4, -0.2) is 26.8 Å². The molecule has 2 N–H and O–H groups in total. The van der Waals surface area contributed by atoms with Crippen LogP contribution in [0.2, 0.25) is 5.02 Å². The standard InChI is InChI=1S/C16H11ClF2N4OS/c17-11-7-9(18)5-6-13(11)20-14(24)8-25-16-21-15(22-23-16)10-3-1-2-4-12(10)19/h1-7H,8H2,(H,20,24)(H,21,22,23). The van der Waals surface area contributed by atoms with Crippen molar-refractivity contribution in [1.82, 2.24) is 15.2 Å². The van der Waals surface area contributed by atoms with Gasteiger partial charge in [0.05, 0.1) is 22.0 Å². The fourth-order valence-electron chi connectivity index (χ4n) is 1.99. The summed E-state index contributed by atoms with van der Waals surface area (Å²) in [5, 5.41) is 9.57. The molecule has 1 aromatic heterocycles. The number of thioether (sulfide) groups is 1. The van der Waals surface area contributed by atoms with Crippen molar-refractivity contribution in [3.05, 3.63) is 59.1 Å². The highest BCUT2D eigenvalue weighted by Crippen LogP contribution is 2.24. The maximum Gasteiger partial charge on any atom is 0.234 e. The van der Waals surface area contributed by atoms with Crippen LogP contribution in [0.5, 0.6) is 0 Å². The highest BCUT2D eigenvalue weighted by Gasteiger charge is 2.12. The molecule has 0 saturated heterocycles. The Balaban J connectivity index is 1.60. The molecular formula is C16H11ClF2N4OS. The topological polar surface area (TPSA) is 70.7 Å². The Morgan fingerprint density at radius 2 is 2.04 bits per heavy atom. The maximum absolute atomic E-state index is 13.7. The SMILES string of the molecule is O=C(CSc1n[nH]c(-c2ccccc2F)n1)Nc1ccc(F)cc1Cl. The molecule has 0 spiro atoms. The van der Waals surface area contributed by atoms with E-state index in [2.05, 4.69) is 20.5 Å². The number of anilines is 1. The largest absolute Gasteiger partial charge is 0.324 e. The highest BCUT2D eigenvalue weighted by molar-refractivity contribution is 7.99. The van der Waals surface area contributed by atoms with Gasteiger partial charge in [0.25, 0.3) is 0 Å². The lowest BCUT2D eigenvalue weighted by Gasteiger charge is -2.06. The number of nitrogens with zero attached hydrogens (tertiary/aromatic N) is 2. The first-order valence-corrected chi connectivity index (χ1v) is 8.44. The number of halogens is 3. The van der Waals surface area contributed by atoms with Gasteiger partial charge in [-0.2, -0.15) is 0 Å². The van der Waals surface area contributed by atoms with Gasteiger partial charge in [-0.3, -0.25) is 9.89 Å². The third kappa shape index (κ3) is 4.34. The van der Waals surface area contributed by atoms with E-state index in [-0.39, 0.29) is 22.5 Å². The smallest absolute Gasteiger partial charge is 0.234 e. The van der Waals surface area contributed by atoms with Crippen LogP contribution in [0.4, 0.5) is 14.5 Å². The number of H-pyrrole nitrogens is 1. The van der Waals surface area contributed by atoms with Crippen molar-refractivity contribution < 1.29 is 13.6 Å². The molecule has 0 fully saturated rings. The van der Waals surface area contributed by atoms with Crippen LogP contribution in [0.15, 0.2) is 47.6 Å². The second kappa shape index (κ2) is 7.62. The van der Waals surface area contributed by atoms with Crippen molar-refractivity contribution in [2.24, 2.45) is 0 Å². The molecule has 128 valence electrons. The van der Waals surface area contributed by atoms with Gasteiger partial charge in [-0.05, 0) is 30.3 Å². The minimum Gasteiger partial charge on any atom is -0.324 e. The van der Waals surface area contributed by atoms with E-state index < -0.39 is 11.6 Å². The molecule has 0 aliphatic carbocycles. The lowest BCUT2D eigenvalue weighted by molar-refractivity contribution is -0.113. The molecule has 0 unspecified atom stereocenters. The van der Waals surface area contributed by atoms with Crippen LogP contribution < -0.4 is 5.32 Å². The molecule has 0 radical (unpaired) electrons. The Morgan fingerprint density at radius 3 is 2.80 bits per heavy atom. The average molecular weight is 381 g/mol. The Kier molecular flexibility index (Phi) is 5.30. The molecule has 0 atom stereocenters. The van der Waals surface area contributed by atoms with E-state index in [0.29, 0.717) is 16.4 Å². The third-order valence-corrected chi connectivity index (χ3v) is 4.29. The monoisotopic (exact) mass is 380 g/mol. The molecule has 0 bridgehead atoms. The zero-order chi connectivity index (χ0) is 17.8. The number of benzene rings is 2. The Hall–Kier alpha value is -2.45. The molecule has 9 heteroatoms. The highest BCUT2D eigenvalue weighted by atomic mass is 35.5. The minimum absolute atomic E-state index is 0.0161. The zero-order valence-electron chi connectivity index (χ0n) is 12.6. The van der Waals surface area contributed by atoms with Gasteiger partial charge in [-0.1, -0.05) is 35.5 Å². The summed E-state index contributed by atoms with van der Waals surface area (Å²) in [6.45, 7) is 0. The lowest BCUT2D eigenvalue weighted by atomic mass is 10.2. The molecule has 0 aliphatic heterocycles. The van der Waals surface area contributed by atoms with Crippen molar-refractivity contribution in [1.29, 1.82) is 0 Å². The van der Waals surface area contributed by atoms with E-state index >= 15 is 0 Å². The van der Waals surface area contributed by atoms with Crippen LogP contribution in [-0.2, 0) is 4.79 Å². The van der Waals surface area contributed by atoms with Gasteiger partial charge >= 0.3 is 0 Å². The normalized spacial score (nSPS) is 10.7. The van der Waals surface area contributed by atoms with Crippen molar-refractivity contribution in [3.63, 3.8) is 0 Å². The fourth-order valence-corrected chi connectivity index (χ4v) is 2.80. The van der Waals surface area contributed by atoms with Gasteiger partial charge in [-0.15, -0.1) is 5.10 Å². The number of carbonyl (C=O) groups excluding carboxylic acids is 1. The molecule has 3 aromatic rings. The summed E-state index contributed by atoms with van der Waals surface area (Å²) in [6, 6.07) is 9.86. The lowest BCUT2D eigenvalue weighted by Crippen LogP contribution is -2.14. The summed E-state index contributed by atoms with van der Waals surface area (Å²) in [4.78, 5) is 16.1. The summed E-state index contributed by atoms with van der Waals surface area (Å²) < 4.78 is 26.7. The molecular weight excluding hydrogens is 370 g/mol. The number of amides is 1. The van der Waals surface area contributed by atoms with Gasteiger partial charge in [0.1, 0.15) is 11.6 Å². The number of hydrogen-bond acceptors (Lipinski definition) is 4. The first-order chi connectivity index (χ1) is 12.0. The van der Waals surface area contributed by atoms with E-state index in [1.807, 2.05) is 0 Å². The number of nitrogens with one attached hydrogen (secondary N) is 2. The maximum atomic E-state index is 13.7. The molecule has 3 rings (SSSR count). The van der Waals surface area contributed by atoms with E-state index in [4.69, 9.17) is 11.6 Å². The molecule has 5 nitrogen and oxygen atoms in total. The predicted octanol–water partition coefficient (Wildman–Crippen LogP) is 4.13. The first kappa shape index (κ1) is 17.4. The number of rotatable bonds is 5. The fraction of sp³-hybridized carbons (Fsp3) is 0.0625. The number of aromatic nitrogens is 3. The van der Waals surface area contributed by atoms with Crippen molar-refractivity contribution in [3.8, 4) is 11.4 Å². The Morgan fingerprint density at radius 1 is 1.24 bits per heavy atom. The number of hydrogen-bond donors (Lipinski definition) is 2. The molecule has 25 heavy (non-hydrogen) atoms. The van der Waals surface area contributed by atoms with Crippen LogP contribution in [0.3, 0.4) is 0 Å². The number of carbonyl (C=O) groups is 1. The van der Waals surface area contributed by atoms with E-state index in [0.717, 1.165) is 17.8 Å². The van der Waals surface area contributed by atoms with E-state index in [1.165, 1.54) is 18.2 Å². The summed E-state index contributed by atoms with van der Waals surface area (Å²) >= 11 is 6.92. The van der Waals surface area contributed by atoms with Crippen LogP contribution in [0.25, 0.3) is 11.4 Å². The first-order valence-electron chi connectivity index (χ1n) is 7.08. The molecule has 0 saturated carbocycles. The molecule has 1 amide bonds. The second-order valence-corrected chi connectivity index (χ2v) is 6.26. The van der Waals surface area contributed by atoms with Crippen molar-refractivity contribution >= 4 is 35.0 Å². The third-order valence-electron chi connectivity index (χ3n) is 3.13. The summed E-state index contributed by atoms with van der Waals surface area (Å²) in [7, 11) is 0. The predicted molar refractivity (Wildman–Crippen MR) is 92.5 cm³/mol. The summed E-state index contributed by atoms with van der Waals surface area (Å²) in [5.74, 6) is -0.960. The van der Waals surface area contributed by atoms with Crippen LogP contribution in [0.1, 0.15) is 0 Å². The van der Waals surface area contributed by atoms with Gasteiger partial charge in [0.2, 0.25) is 11.1 Å². The van der Waals surface area contributed by atoms with Crippen molar-refractivity contribution in [2.45, 2.75) is 5.16 Å². The van der Waals surface area contributed by atoms with E-state index in [1.54, 1.807) is 18.2 Å². The van der Waals surface area contributed by atoms with Gasteiger partial charge in [0, 0.05) is 0 Å². The van der Waals surface area contributed by atoms with Crippen LogP contribution in [0, 0.1) is 11.6 Å². The van der Waals surface area contributed by atoms with Crippen molar-refractivity contribution in [2.75, 3.05) is 11.1 Å². The average Bonchev–Trinajstić information content (AvgIpc) is 3.05.